The average molecular weight is 442 g/mol. The lowest BCUT2D eigenvalue weighted by molar-refractivity contribution is -0.401. The van der Waals surface area contributed by atoms with Gasteiger partial charge in [0.25, 0.3) is 0 Å². The lowest BCUT2D eigenvalue weighted by Crippen LogP contribution is -2.70. The summed E-state index contributed by atoms with van der Waals surface area (Å²) in [5, 5.41) is 12.5. The van der Waals surface area contributed by atoms with E-state index >= 15 is 0 Å². The summed E-state index contributed by atoms with van der Waals surface area (Å²) in [5.41, 5.74) is 1.76. The van der Waals surface area contributed by atoms with E-state index in [-0.39, 0.29) is 0 Å². The van der Waals surface area contributed by atoms with Crippen LogP contribution in [0.15, 0.2) is 59.0 Å². The van der Waals surface area contributed by atoms with Crippen LogP contribution in [0.1, 0.15) is 5.01 Å². The summed E-state index contributed by atoms with van der Waals surface area (Å²) < 4.78 is 45.1. The van der Waals surface area contributed by atoms with E-state index in [1.54, 1.807) is 0 Å². The van der Waals surface area contributed by atoms with E-state index in [0.29, 0.717) is 5.02 Å². The van der Waals surface area contributed by atoms with Crippen LogP contribution in [-0.2, 0) is 0 Å². The normalized spacial score (nSPS) is 12.0. The number of hydrogen-bond donors (Lipinski definition) is 1. The number of aromatic nitrogens is 2. The molecule has 2 aromatic heterocycles. The van der Waals surface area contributed by atoms with E-state index in [9.17, 15) is 17.3 Å². The topological polar surface area (TPSA) is 52.9 Å². The minimum atomic E-state index is -6.00. The maximum absolute atomic E-state index is 9.75. The van der Waals surface area contributed by atoms with Crippen molar-refractivity contribution in [3.05, 3.63) is 70.0 Å². The quantitative estimate of drug-likeness (QED) is 0.367. The van der Waals surface area contributed by atoms with Gasteiger partial charge in [0.1, 0.15) is 21.7 Å². The molecule has 0 fully saturated rings. The Kier molecular flexibility index (Phi) is 6.34. The second kappa shape index (κ2) is 8.75. The number of para-hydroxylation sites is 1. The smallest absolute Gasteiger partial charge is 0.456 e. The molecule has 0 radical (unpaired) electrons. The zero-order valence-electron chi connectivity index (χ0n) is 14.9. The molecule has 0 saturated carbocycles. The van der Waals surface area contributed by atoms with Crippen LogP contribution in [0.25, 0.3) is 22.3 Å². The first-order chi connectivity index (χ1) is 13.7. The van der Waals surface area contributed by atoms with Gasteiger partial charge >= 0.3 is 12.4 Å². The highest BCUT2D eigenvalue weighted by molar-refractivity contribution is 7.14. The van der Waals surface area contributed by atoms with Gasteiger partial charge < -0.3 is 21.7 Å². The predicted molar refractivity (Wildman–Crippen MR) is 105 cm³/mol. The Morgan fingerprint density at radius 3 is 2.28 bits per heavy atom. The number of rotatable bonds is 2. The number of benzene rings is 2. The first-order valence-electron chi connectivity index (χ1n) is 8.25. The largest absolute Gasteiger partial charge is 0.673 e. The summed E-state index contributed by atoms with van der Waals surface area (Å²) >= 11 is 7.49. The van der Waals surface area contributed by atoms with Crippen molar-refractivity contribution < 1.29 is 26.7 Å². The second-order valence-electron chi connectivity index (χ2n) is 5.77. The van der Waals surface area contributed by atoms with Crippen molar-refractivity contribution in [3.8, 4) is 11.3 Å². The summed E-state index contributed by atoms with van der Waals surface area (Å²) in [6.07, 6.45) is 0. The average Bonchev–Trinajstić information content (AvgIpc) is 3.06. The van der Waals surface area contributed by atoms with Crippen molar-refractivity contribution in [3.63, 3.8) is 0 Å². The fraction of sp³-hybridized carbons (Fsp3) is 0.0556. The summed E-state index contributed by atoms with van der Waals surface area (Å²) in [6, 6.07) is 17.5. The Morgan fingerprint density at radius 1 is 1.00 bits per heavy atom. The molecular formula is C18H13BClF4N3OS. The molecular weight excluding hydrogens is 429 g/mol. The molecule has 2 aromatic carbocycles. The lowest BCUT2D eigenvalue weighted by atomic mass is 10.1. The molecule has 0 atom stereocenters. The van der Waals surface area contributed by atoms with Gasteiger partial charge in [-0.2, -0.15) is 0 Å². The molecule has 11 heteroatoms. The van der Waals surface area contributed by atoms with Crippen molar-refractivity contribution >= 4 is 46.3 Å². The molecule has 2 heterocycles. The Bertz CT molecular complexity index is 1190. The number of aryl methyl sites for hydroxylation is 1. The van der Waals surface area contributed by atoms with Crippen molar-refractivity contribution in [2.45, 2.75) is 6.92 Å². The molecule has 0 amide bonds. The van der Waals surface area contributed by atoms with Crippen LogP contribution in [0.2, 0.25) is 5.02 Å². The van der Waals surface area contributed by atoms with Gasteiger partial charge in [-0.25, -0.2) is 4.99 Å². The van der Waals surface area contributed by atoms with Gasteiger partial charge in [0.05, 0.1) is 10.5 Å². The molecule has 4 rings (SSSR count). The molecule has 0 aliphatic carbocycles. The molecule has 0 saturated heterocycles. The SMILES string of the molecule is Cc1nnc([NH+]=c2cc(-c3ccc(Cl)cc3)oc3ccccc23)s1.F[B-](F)(F)F. The van der Waals surface area contributed by atoms with Gasteiger partial charge in [0.2, 0.25) is 0 Å². The third-order valence-corrected chi connectivity index (χ3v) is 4.58. The fourth-order valence-corrected chi connectivity index (χ4v) is 3.19. The molecule has 0 bridgehead atoms. The van der Waals surface area contributed by atoms with E-state index in [0.717, 1.165) is 37.8 Å². The lowest BCUT2D eigenvalue weighted by Gasteiger charge is -2.03. The van der Waals surface area contributed by atoms with Gasteiger partial charge in [0, 0.05) is 16.7 Å². The maximum Gasteiger partial charge on any atom is 0.673 e. The van der Waals surface area contributed by atoms with Crippen LogP contribution < -0.4 is 10.3 Å². The van der Waals surface area contributed by atoms with Gasteiger partial charge in [-0.05, 0) is 59.8 Å². The van der Waals surface area contributed by atoms with Crippen LogP contribution in [0.3, 0.4) is 0 Å². The van der Waals surface area contributed by atoms with Crippen LogP contribution >= 0.6 is 22.9 Å². The van der Waals surface area contributed by atoms with Gasteiger partial charge in [-0.3, -0.25) is 0 Å². The Labute approximate surface area is 171 Å². The summed E-state index contributed by atoms with van der Waals surface area (Å²) in [6.45, 7) is 1.93. The molecule has 29 heavy (non-hydrogen) atoms. The molecule has 0 unspecified atom stereocenters. The number of fused-ring (bicyclic) bond motifs is 1. The fourth-order valence-electron chi connectivity index (χ4n) is 2.46. The monoisotopic (exact) mass is 441 g/mol. The standard InChI is InChI=1S/C18H12ClN3OS.BF4/c1-11-21-22-18(24-11)20-15-10-17(12-6-8-13(19)9-7-12)23-16-5-3-2-4-14(15)16;2-1(3,4)5/h2-10H,1H3;/q;-1/p+1. The predicted octanol–water partition coefficient (Wildman–Crippen LogP) is 4.53. The van der Waals surface area contributed by atoms with E-state index in [2.05, 4.69) is 15.2 Å². The third kappa shape index (κ3) is 6.13. The number of halogens is 5. The first-order valence-corrected chi connectivity index (χ1v) is 9.45. The van der Waals surface area contributed by atoms with Crippen LogP contribution in [0, 0.1) is 6.92 Å². The molecule has 0 aliphatic heterocycles. The van der Waals surface area contributed by atoms with Gasteiger partial charge in [0.15, 0.2) is 0 Å². The molecule has 0 spiro atoms. The maximum atomic E-state index is 9.75. The zero-order chi connectivity index (χ0) is 21.0. The third-order valence-electron chi connectivity index (χ3n) is 3.57. The van der Waals surface area contributed by atoms with Gasteiger partial charge in [-0.15, -0.1) is 0 Å². The Hall–Kier alpha value is -2.72. The summed E-state index contributed by atoms with van der Waals surface area (Å²) in [5.74, 6) is 0.758. The Morgan fingerprint density at radius 2 is 1.66 bits per heavy atom. The van der Waals surface area contributed by atoms with Crippen LogP contribution in [-0.4, -0.2) is 17.5 Å². The summed E-state index contributed by atoms with van der Waals surface area (Å²) in [7, 11) is -6.00. The first kappa shape index (κ1) is 21.0. The van der Waals surface area contributed by atoms with Crippen molar-refractivity contribution in [2.75, 3.05) is 0 Å². The minimum Gasteiger partial charge on any atom is -0.456 e. The van der Waals surface area contributed by atoms with E-state index in [4.69, 9.17) is 16.0 Å². The molecule has 4 aromatic rings. The highest BCUT2D eigenvalue weighted by atomic mass is 35.5. The number of nitrogens with zero attached hydrogens (tertiary/aromatic N) is 2. The van der Waals surface area contributed by atoms with Crippen LogP contribution in [0.4, 0.5) is 22.4 Å². The van der Waals surface area contributed by atoms with E-state index in [1.165, 1.54) is 11.3 Å². The van der Waals surface area contributed by atoms with Crippen molar-refractivity contribution in [1.82, 2.24) is 10.2 Å². The molecule has 1 N–H and O–H groups in total. The van der Waals surface area contributed by atoms with Gasteiger partial charge in [-0.1, -0.05) is 23.7 Å². The highest BCUT2D eigenvalue weighted by Crippen LogP contribution is 2.23. The van der Waals surface area contributed by atoms with Crippen molar-refractivity contribution in [1.29, 1.82) is 0 Å². The summed E-state index contributed by atoms with van der Waals surface area (Å²) in [4.78, 5) is 3.35. The van der Waals surface area contributed by atoms with Crippen LogP contribution in [0.5, 0.6) is 0 Å². The molecule has 150 valence electrons. The minimum absolute atomic E-state index is 0.697. The van der Waals surface area contributed by atoms with Crippen molar-refractivity contribution in [2.24, 2.45) is 0 Å². The Balaban J connectivity index is 0.000000431. The molecule has 4 nitrogen and oxygen atoms in total. The highest BCUT2D eigenvalue weighted by Gasteiger charge is 2.20. The van der Waals surface area contributed by atoms with E-state index in [1.807, 2.05) is 61.5 Å². The second-order valence-corrected chi connectivity index (χ2v) is 7.39. The number of nitrogens with one attached hydrogen (secondary N) is 1. The molecule has 0 aliphatic rings. The number of hydrogen-bond acceptors (Lipinski definition) is 4. The zero-order valence-corrected chi connectivity index (χ0v) is 16.4. The van der Waals surface area contributed by atoms with E-state index < -0.39 is 7.25 Å².